The van der Waals surface area contributed by atoms with Crippen molar-refractivity contribution >= 4 is 21.6 Å². The van der Waals surface area contributed by atoms with E-state index in [0.29, 0.717) is 16.8 Å². The molecule has 1 atom stereocenters. The normalized spacial score (nSPS) is 24.0. The van der Waals surface area contributed by atoms with E-state index in [2.05, 4.69) is 14.9 Å². The van der Waals surface area contributed by atoms with Gasteiger partial charge in [0.25, 0.3) is 5.91 Å². The van der Waals surface area contributed by atoms with Gasteiger partial charge in [-0.2, -0.15) is 0 Å². The summed E-state index contributed by atoms with van der Waals surface area (Å²) in [7, 11) is -3.64. The molecule has 1 unspecified atom stereocenters. The van der Waals surface area contributed by atoms with Crippen LogP contribution in [0.4, 0.5) is 5.69 Å². The molecule has 3 heterocycles. The Labute approximate surface area is 185 Å². The van der Waals surface area contributed by atoms with Crippen molar-refractivity contribution < 1.29 is 13.2 Å². The third-order valence-corrected chi connectivity index (χ3v) is 8.71. The monoisotopic (exact) mass is 441 g/mol. The fourth-order valence-electron chi connectivity index (χ4n) is 4.89. The number of nitrogens with zero attached hydrogens (tertiary/aromatic N) is 1. The van der Waals surface area contributed by atoms with E-state index in [9.17, 15) is 13.2 Å². The van der Waals surface area contributed by atoms with Gasteiger partial charge in [0.1, 0.15) is 0 Å². The Balaban J connectivity index is 1.49. The van der Waals surface area contributed by atoms with E-state index in [0.717, 1.165) is 44.5 Å². The smallest absolute Gasteiger partial charge is 0.255 e. The summed E-state index contributed by atoms with van der Waals surface area (Å²) in [5.41, 5.74) is 2.87. The van der Waals surface area contributed by atoms with Gasteiger partial charge in [0.05, 0.1) is 4.90 Å². The van der Waals surface area contributed by atoms with Crippen molar-refractivity contribution in [3.8, 4) is 0 Å². The van der Waals surface area contributed by atoms with Gasteiger partial charge in [-0.3, -0.25) is 4.79 Å². The highest BCUT2D eigenvalue weighted by Gasteiger charge is 2.44. The van der Waals surface area contributed by atoms with Crippen molar-refractivity contribution in [1.29, 1.82) is 0 Å². The minimum atomic E-state index is -3.64. The Hall–Kier alpha value is -2.22. The number of carbonyl (C=O) groups excluding carboxylic acids is 1. The molecule has 0 spiro atoms. The summed E-state index contributed by atoms with van der Waals surface area (Å²) in [6, 6.07) is 12.1. The number of rotatable bonds is 6. The predicted molar refractivity (Wildman–Crippen MR) is 123 cm³/mol. The van der Waals surface area contributed by atoms with E-state index in [1.54, 1.807) is 24.3 Å². The predicted octanol–water partition coefficient (Wildman–Crippen LogP) is 3.71. The quantitative estimate of drug-likeness (QED) is 0.716. The Bertz CT molecular complexity index is 1080. The van der Waals surface area contributed by atoms with Gasteiger partial charge >= 0.3 is 0 Å². The summed E-state index contributed by atoms with van der Waals surface area (Å²) in [5, 5.41) is 2.90. The number of fused-ring (bicyclic) bond motifs is 3. The van der Waals surface area contributed by atoms with Crippen molar-refractivity contribution in [3.05, 3.63) is 59.2 Å². The SMILES string of the molecule is Cc1cc(S(=O)(=O)NC(C)C23CCN(CC2)CC3)ccc1NC(=O)c1ccccc1C. The van der Waals surface area contributed by atoms with Crippen LogP contribution in [0.15, 0.2) is 47.4 Å². The van der Waals surface area contributed by atoms with Crippen molar-refractivity contribution in [3.63, 3.8) is 0 Å². The maximum absolute atomic E-state index is 13.1. The standard InChI is InChI=1S/C24H31N3O3S/c1-17-6-4-5-7-21(17)23(28)25-22-9-8-20(16-18(22)2)31(29,30)26-19(3)24-10-13-27(14-11-24)15-12-24/h4-9,16,19,26H,10-15H2,1-3H3,(H,25,28). The maximum Gasteiger partial charge on any atom is 0.255 e. The third-order valence-electron chi connectivity index (χ3n) is 7.17. The molecule has 5 rings (SSSR count). The Kier molecular flexibility index (Phi) is 5.94. The van der Waals surface area contributed by atoms with E-state index < -0.39 is 10.0 Å². The lowest BCUT2D eigenvalue weighted by molar-refractivity contribution is 0.00715. The van der Waals surface area contributed by atoms with Crippen molar-refractivity contribution in [2.45, 2.75) is 51.0 Å². The molecule has 2 aromatic carbocycles. The molecule has 1 amide bonds. The van der Waals surface area contributed by atoms with Crippen LogP contribution in [-0.2, 0) is 10.0 Å². The molecular weight excluding hydrogens is 410 g/mol. The van der Waals surface area contributed by atoms with Crippen LogP contribution in [0.2, 0.25) is 0 Å². The molecule has 3 fully saturated rings. The molecule has 7 heteroatoms. The Morgan fingerprint density at radius 1 is 1.00 bits per heavy atom. The van der Waals surface area contributed by atoms with Crippen LogP contribution in [0.3, 0.4) is 0 Å². The van der Waals surface area contributed by atoms with Gasteiger partial charge in [0, 0.05) is 17.3 Å². The molecule has 3 saturated heterocycles. The summed E-state index contributed by atoms with van der Waals surface area (Å²) in [6.07, 6.45) is 3.12. The van der Waals surface area contributed by atoms with E-state index in [1.807, 2.05) is 39.0 Å². The zero-order chi connectivity index (χ0) is 22.2. The van der Waals surface area contributed by atoms with Crippen molar-refractivity contribution in [1.82, 2.24) is 9.62 Å². The number of aryl methyl sites for hydroxylation is 2. The molecule has 166 valence electrons. The summed E-state index contributed by atoms with van der Waals surface area (Å²) in [4.78, 5) is 15.3. The number of hydrogen-bond acceptors (Lipinski definition) is 4. The van der Waals surface area contributed by atoms with E-state index in [-0.39, 0.29) is 22.3 Å². The molecule has 0 radical (unpaired) electrons. The van der Waals surface area contributed by atoms with Crippen molar-refractivity contribution in [2.24, 2.45) is 5.41 Å². The number of nitrogens with one attached hydrogen (secondary N) is 2. The Morgan fingerprint density at radius 2 is 1.65 bits per heavy atom. The Morgan fingerprint density at radius 3 is 2.26 bits per heavy atom. The number of sulfonamides is 1. The first-order valence-corrected chi connectivity index (χ1v) is 12.4. The van der Waals surface area contributed by atoms with Crippen LogP contribution in [0.25, 0.3) is 0 Å². The van der Waals surface area contributed by atoms with Gasteiger partial charge in [-0.15, -0.1) is 0 Å². The van der Waals surface area contributed by atoms with Crippen LogP contribution in [0.1, 0.15) is 47.7 Å². The third kappa shape index (κ3) is 4.40. The van der Waals surface area contributed by atoms with Gasteiger partial charge in [0.2, 0.25) is 10.0 Å². The summed E-state index contributed by atoms with van der Waals surface area (Å²) in [6.45, 7) is 8.87. The topological polar surface area (TPSA) is 78.5 Å². The first-order valence-electron chi connectivity index (χ1n) is 10.9. The van der Waals surface area contributed by atoms with Crippen LogP contribution >= 0.6 is 0 Å². The van der Waals surface area contributed by atoms with Gasteiger partial charge in [0.15, 0.2) is 0 Å². The van der Waals surface area contributed by atoms with Gasteiger partial charge in [-0.25, -0.2) is 13.1 Å². The number of carbonyl (C=O) groups is 1. The maximum atomic E-state index is 13.1. The largest absolute Gasteiger partial charge is 0.322 e. The highest BCUT2D eigenvalue weighted by Crippen LogP contribution is 2.43. The molecule has 31 heavy (non-hydrogen) atoms. The number of piperidine rings is 3. The number of amides is 1. The van der Waals surface area contributed by atoms with E-state index >= 15 is 0 Å². The van der Waals surface area contributed by atoms with Gasteiger partial charge in [-0.05, 0) is 100 Å². The lowest BCUT2D eigenvalue weighted by Gasteiger charge is -2.51. The molecule has 2 bridgehead atoms. The summed E-state index contributed by atoms with van der Waals surface area (Å²) < 4.78 is 29.1. The minimum absolute atomic E-state index is 0.0539. The molecule has 0 saturated carbocycles. The van der Waals surface area contributed by atoms with Gasteiger partial charge in [-0.1, -0.05) is 18.2 Å². The zero-order valence-corrected chi connectivity index (χ0v) is 19.3. The molecular formula is C24H31N3O3S. The molecule has 3 aliphatic rings. The second-order valence-corrected chi connectivity index (χ2v) is 10.8. The minimum Gasteiger partial charge on any atom is -0.322 e. The first-order chi connectivity index (χ1) is 14.7. The second-order valence-electron chi connectivity index (χ2n) is 9.04. The van der Waals surface area contributed by atoms with E-state index in [4.69, 9.17) is 0 Å². The number of anilines is 1. The molecule has 2 aromatic rings. The molecule has 0 aliphatic carbocycles. The summed E-state index contributed by atoms with van der Waals surface area (Å²) in [5.74, 6) is -0.203. The molecule has 0 aromatic heterocycles. The van der Waals surface area contributed by atoms with Crippen LogP contribution in [0, 0.1) is 19.3 Å². The fraction of sp³-hybridized carbons (Fsp3) is 0.458. The molecule has 2 N–H and O–H groups in total. The average molecular weight is 442 g/mol. The lowest BCUT2D eigenvalue weighted by atomic mass is 9.68. The van der Waals surface area contributed by atoms with Gasteiger partial charge < -0.3 is 10.2 Å². The highest BCUT2D eigenvalue weighted by molar-refractivity contribution is 7.89. The summed E-state index contributed by atoms with van der Waals surface area (Å²) >= 11 is 0. The fourth-order valence-corrected chi connectivity index (χ4v) is 6.32. The second kappa shape index (κ2) is 8.37. The van der Waals surface area contributed by atoms with Crippen LogP contribution in [-0.4, -0.2) is 44.9 Å². The van der Waals surface area contributed by atoms with E-state index in [1.165, 1.54) is 0 Å². The van der Waals surface area contributed by atoms with Crippen LogP contribution in [0.5, 0.6) is 0 Å². The number of hydrogen-bond donors (Lipinski definition) is 2. The highest BCUT2D eigenvalue weighted by atomic mass is 32.2. The first kappa shape index (κ1) is 22.0. The number of benzene rings is 2. The molecule has 3 aliphatic heterocycles. The molecule has 6 nitrogen and oxygen atoms in total. The van der Waals surface area contributed by atoms with Crippen molar-refractivity contribution in [2.75, 3.05) is 25.0 Å². The average Bonchev–Trinajstić information content (AvgIpc) is 2.76. The van der Waals surface area contributed by atoms with Crippen LogP contribution < -0.4 is 10.0 Å². The lowest BCUT2D eigenvalue weighted by Crippen LogP contribution is -2.56. The zero-order valence-electron chi connectivity index (χ0n) is 18.4.